The van der Waals surface area contributed by atoms with Crippen molar-refractivity contribution >= 4 is 33.4 Å². The van der Waals surface area contributed by atoms with Crippen molar-refractivity contribution in [2.45, 2.75) is 64.8 Å². The molecule has 3 aliphatic rings. The fraction of sp³-hybridized carbons (Fsp3) is 0.560. The summed E-state index contributed by atoms with van der Waals surface area (Å²) in [5.74, 6) is 3.01. The molecule has 0 spiro atoms. The van der Waals surface area contributed by atoms with E-state index in [1.165, 1.54) is 12.8 Å². The number of ether oxygens (including phenoxy) is 1. The largest absolute Gasteiger partial charge is 0.452 e. The number of fused-ring (bicyclic) bond motifs is 4. The van der Waals surface area contributed by atoms with Crippen LogP contribution in [0.3, 0.4) is 0 Å². The second-order valence-corrected chi connectivity index (χ2v) is 12.1. The smallest absolute Gasteiger partial charge is 0.247 e. The standard InChI is InChI=1S/C25H31BrN4OS/c1-5-32-24-28-23-21(29-30-24)18-12-16(26)8-9-20(18)27-22(31-23)17-13-19-15(11-14(17)2)7-6-10-25(19,3)4/h7-9,12,14,17,19,22,27H,5-6,10-11,13H2,1-4H3/t14-,17+,19+,22+/m0/s1. The van der Waals surface area contributed by atoms with Crippen LogP contribution in [0.1, 0.15) is 53.4 Å². The molecule has 1 aromatic carbocycles. The van der Waals surface area contributed by atoms with Crippen LogP contribution in [0.2, 0.25) is 0 Å². The maximum atomic E-state index is 6.65. The molecule has 0 amide bonds. The van der Waals surface area contributed by atoms with Crippen LogP contribution in [0, 0.1) is 23.2 Å². The summed E-state index contributed by atoms with van der Waals surface area (Å²) in [6, 6.07) is 6.24. The van der Waals surface area contributed by atoms with Crippen LogP contribution in [-0.4, -0.2) is 27.2 Å². The third kappa shape index (κ3) is 4.07. The summed E-state index contributed by atoms with van der Waals surface area (Å²) in [6.07, 6.45) is 7.12. The van der Waals surface area contributed by atoms with Gasteiger partial charge < -0.3 is 10.1 Å². The number of aromatic nitrogens is 3. The van der Waals surface area contributed by atoms with Gasteiger partial charge >= 0.3 is 0 Å². The average molecular weight is 516 g/mol. The molecule has 5 nitrogen and oxygen atoms in total. The molecule has 0 bridgehead atoms. The van der Waals surface area contributed by atoms with Gasteiger partial charge in [0, 0.05) is 21.6 Å². The number of halogens is 1. The Morgan fingerprint density at radius 2 is 2.12 bits per heavy atom. The summed E-state index contributed by atoms with van der Waals surface area (Å²) >= 11 is 5.20. The van der Waals surface area contributed by atoms with Crippen molar-refractivity contribution in [1.29, 1.82) is 0 Å². The van der Waals surface area contributed by atoms with Crippen molar-refractivity contribution in [2.24, 2.45) is 23.2 Å². The first-order chi connectivity index (χ1) is 15.4. The lowest BCUT2D eigenvalue weighted by Crippen LogP contribution is -2.45. The van der Waals surface area contributed by atoms with E-state index < -0.39 is 0 Å². The highest BCUT2D eigenvalue weighted by Gasteiger charge is 2.45. The van der Waals surface area contributed by atoms with Crippen LogP contribution >= 0.6 is 27.7 Å². The summed E-state index contributed by atoms with van der Waals surface area (Å²) in [4.78, 5) is 4.77. The number of benzene rings is 1. The number of rotatable bonds is 3. The van der Waals surface area contributed by atoms with Gasteiger partial charge in [-0.25, -0.2) is 0 Å². The Bertz CT molecular complexity index is 1060. The maximum Gasteiger partial charge on any atom is 0.247 e. The Labute approximate surface area is 203 Å². The van der Waals surface area contributed by atoms with E-state index in [-0.39, 0.29) is 6.23 Å². The Hall–Kier alpha value is -1.60. The van der Waals surface area contributed by atoms with Crippen molar-refractivity contribution in [3.63, 3.8) is 0 Å². The van der Waals surface area contributed by atoms with Gasteiger partial charge in [-0.15, -0.1) is 10.2 Å². The zero-order valence-corrected chi connectivity index (χ0v) is 21.6. The monoisotopic (exact) mass is 514 g/mol. The van der Waals surface area contributed by atoms with Crippen LogP contribution in [0.15, 0.2) is 39.5 Å². The molecule has 2 heterocycles. The second-order valence-electron chi connectivity index (χ2n) is 9.99. The predicted octanol–water partition coefficient (Wildman–Crippen LogP) is 6.95. The molecule has 0 saturated heterocycles. The molecule has 1 aromatic heterocycles. The normalized spacial score (nSPS) is 28.2. The predicted molar refractivity (Wildman–Crippen MR) is 134 cm³/mol. The van der Waals surface area contributed by atoms with Gasteiger partial charge in [-0.05, 0) is 66.9 Å². The minimum absolute atomic E-state index is 0.151. The van der Waals surface area contributed by atoms with Crippen LogP contribution in [0.4, 0.5) is 5.69 Å². The molecule has 170 valence electrons. The quantitative estimate of drug-likeness (QED) is 0.353. The summed E-state index contributed by atoms with van der Waals surface area (Å²) in [5, 5.41) is 13.3. The number of nitrogens with zero attached hydrogens (tertiary/aromatic N) is 3. The van der Waals surface area contributed by atoms with Gasteiger partial charge in [-0.1, -0.05) is 67.0 Å². The van der Waals surface area contributed by atoms with Crippen molar-refractivity contribution < 1.29 is 4.74 Å². The maximum absolute atomic E-state index is 6.65. The SMILES string of the molecule is CCSc1nnc2c(n1)O[C@H]([C@@H]1C[C@@H]3C(=CCCC3(C)C)C[C@@H]1C)Nc1ccc(Br)cc1-2. The van der Waals surface area contributed by atoms with Crippen molar-refractivity contribution in [2.75, 3.05) is 11.1 Å². The lowest BCUT2D eigenvalue weighted by Gasteiger charge is -2.48. The molecule has 1 saturated carbocycles. The first-order valence-corrected chi connectivity index (χ1v) is 13.4. The zero-order chi connectivity index (χ0) is 22.5. The van der Waals surface area contributed by atoms with E-state index in [9.17, 15) is 0 Å². The van der Waals surface area contributed by atoms with E-state index in [1.807, 2.05) is 0 Å². The summed E-state index contributed by atoms with van der Waals surface area (Å²) < 4.78 is 7.65. The third-order valence-corrected chi connectivity index (χ3v) is 8.67. The van der Waals surface area contributed by atoms with Crippen LogP contribution in [0.25, 0.3) is 11.3 Å². The van der Waals surface area contributed by atoms with Crippen molar-refractivity contribution in [3.05, 3.63) is 34.3 Å². The average Bonchev–Trinajstić information content (AvgIpc) is 2.89. The van der Waals surface area contributed by atoms with Crippen LogP contribution < -0.4 is 10.1 Å². The molecule has 0 radical (unpaired) electrons. The summed E-state index contributed by atoms with van der Waals surface area (Å²) in [6.45, 7) is 9.34. The molecule has 5 rings (SSSR count). The van der Waals surface area contributed by atoms with E-state index >= 15 is 0 Å². The van der Waals surface area contributed by atoms with Crippen LogP contribution in [-0.2, 0) is 0 Å². The van der Waals surface area contributed by atoms with E-state index in [2.05, 4.69) is 83.4 Å². The topological polar surface area (TPSA) is 59.9 Å². The van der Waals surface area contributed by atoms with Gasteiger partial charge in [0.2, 0.25) is 11.0 Å². The van der Waals surface area contributed by atoms with Crippen LogP contribution in [0.5, 0.6) is 5.88 Å². The van der Waals surface area contributed by atoms with Gasteiger partial charge in [0.25, 0.3) is 0 Å². The Morgan fingerprint density at radius 1 is 1.28 bits per heavy atom. The molecule has 32 heavy (non-hydrogen) atoms. The highest BCUT2D eigenvalue weighted by molar-refractivity contribution is 9.10. The third-order valence-electron chi connectivity index (χ3n) is 7.45. The van der Waals surface area contributed by atoms with Gasteiger partial charge in [0.05, 0.1) is 0 Å². The molecule has 2 aliphatic carbocycles. The molecule has 0 unspecified atom stereocenters. The Morgan fingerprint density at radius 3 is 2.94 bits per heavy atom. The highest BCUT2D eigenvalue weighted by Crippen LogP contribution is 2.52. The van der Waals surface area contributed by atoms with E-state index in [1.54, 1.807) is 17.3 Å². The van der Waals surface area contributed by atoms with Gasteiger partial charge in [-0.3, -0.25) is 0 Å². The number of anilines is 1. The number of nitrogens with one attached hydrogen (secondary N) is 1. The molecule has 1 fully saturated rings. The molecular weight excluding hydrogens is 484 g/mol. The van der Waals surface area contributed by atoms with Crippen molar-refractivity contribution in [1.82, 2.24) is 15.2 Å². The fourth-order valence-corrected chi connectivity index (χ4v) is 6.53. The zero-order valence-electron chi connectivity index (χ0n) is 19.2. The molecule has 7 heteroatoms. The molecule has 4 atom stereocenters. The first kappa shape index (κ1) is 22.2. The Kier molecular flexibility index (Phi) is 5.99. The van der Waals surface area contributed by atoms with Gasteiger partial charge in [0.1, 0.15) is 0 Å². The number of hydrogen-bond donors (Lipinski definition) is 1. The van der Waals surface area contributed by atoms with E-state index in [4.69, 9.17) is 9.72 Å². The van der Waals surface area contributed by atoms with Gasteiger partial charge in [-0.2, -0.15) is 4.98 Å². The van der Waals surface area contributed by atoms with E-state index in [0.717, 1.165) is 34.3 Å². The van der Waals surface area contributed by atoms with Crippen molar-refractivity contribution in [3.8, 4) is 17.1 Å². The molecule has 1 N–H and O–H groups in total. The Balaban J connectivity index is 1.54. The summed E-state index contributed by atoms with van der Waals surface area (Å²) in [5.41, 5.74) is 4.71. The molecular formula is C25H31BrN4OS. The highest BCUT2D eigenvalue weighted by atomic mass is 79.9. The minimum atomic E-state index is -0.151. The first-order valence-electron chi connectivity index (χ1n) is 11.6. The fourth-order valence-electron chi connectivity index (χ4n) is 5.67. The summed E-state index contributed by atoms with van der Waals surface area (Å²) in [7, 11) is 0. The number of allylic oxidation sites excluding steroid dienone is 2. The number of hydrogen-bond acceptors (Lipinski definition) is 6. The second kappa shape index (κ2) is 8.64. The lowest BCUT2D eigenvalue weighted by atomic mass is 9.59. The van der Waals surface area contributed by atoms with E-state index in [0.29, 0.717) is 39.9 Å². The molecule has 1 aliphatic heterocycles. The number of thioether (sulfide) groups is 1. The molecule has 2 aromatic rings. The van der Waals surface area contributed by atoms with Gasteiger partial charge in [0.15, 0.2) is 11.9 Å². The lowest BCUT2D eigenvalue weighted by molar-refractivity contribution is 0.0519. The minimum Gasteiger partial charge on any atom is -0.452 e.